The fourth-order valence-corrected chi connectivity index (χ4v) is 2.15. The van der Waals surface area contributed by atoms with Gasteiger partial charge in [0.05, 0.1) is 5.56 Å². The maximum Gasteiger partial charge on any atom is 0.170 e. The van der Waals surface area contributed by atoms with Crippen LogP contribution < -0.4 is 0 Å². The molecule has 1 aliphatic rings. The van der Waals surface area contributed by atoms with Gasteiger partial charge in [-0.15, -0.1) is 0 Å². The Kier molecular flexibility index (Phi) is 5.21. The van der Waals surface area contributed by atoms with Gasteiger partial charge in [0.2, 0.25) is 0 Å². The van der Waals surface area contributed by atoms with Gasteiger partial charge in [0.25, 0.3) is 0 Å². The fourth-order valence-electron chi connectivity index (χ4n) is 2.15. The molecule has 1 aliphatic heterocycles. The number of rotatable bonds is 6. The summed E-state index contributed by atoms with van der Waals surface area (Å²) >= 11 is 0. The van der Waals surface area contributed by atoms with Gasteiger partial charge in [-0.05, 0) is 50.0 Å². The van der Waals surface area contributed by atoms with Gasteiger partial charge in [-0.2, -0.15) is 0 Å². The minimum Gasteiger partial charge on any atom is -0.507 e. The van der Waals surface area contributed by atoms with Crippen LogP contribution in [-0.2, 0) is 11.2 Å². The molecular formula is C19H22O3. The summed E-state index contributed by atoms with van der Waals surface area (Å²) < 4.78 is 5.39. The Bertz CT molecular complexity index is 660. The molecule has 116 valence electrons. The van der Waals surface area contributed by atoms with Crippen molar-refractivity contribution in [3.8, 4) is 5.75 Å². The maximum atomic E-state index is 11.3. The quantitative estimate of drug-likeness (QED) is 0.467. The predicted octanol–water partition coefficient (Wildman–Crippen LogP) is 4.77. The normalized spacial score (nSPS) is 16.5. The highest BCUT2D eigenvalue weighted by molar-refractivity contribution is 5.87. The number of carbonyl (C=O) groups is 1. The van der Waals surface area contributed by atoms with Crippen LogP contribution in [0, 0.1) is 0 Å². The summed E-state index contributed by atoms with van der Waals surface area (Å²) in [7, 11) is 0. The Labute approximate surface area is 131 Å². The van der Waals surface area contributed by atoms with E-state index < -0.39 is 0 Å². The lowest BCUT2D eigenvalue weighted by Crippen LogP contribution is -1.93. The maximum absolute atomic E-state index is 11.3. The lowest BCUT2D eigenvalue weighted by molar-refractivity contribution is 0.112. The van der Waals surface area contributed by atoms with Gasteiger partial charge in [0, 0.05) is 0 Å². The Morgan fingerprint density at radius 2 is 2.05 bits per heavy atom. The summed E-state index contributed by atoms with van der Waals surface area (Å²) in [5.41, 5.74) is 2.93. The van der Waals surface area contributed by atoms with Gasteiger partial charge in [-0.1, -0.05) is 37.1 Å². The number of epoxide rings is 1. The highest BCUT2D eigenvalue weighted by atomic mass is 16.6. The molecule has 0 amide bonds. The molecule has 0 unspecified atom stereocenters. The lowest BCUT2D eigenvalue weighted by Gasteiger charge is -2.07. The van der Waals surface area contributed by atoms with Crippen LogP contribution >= 0.6 is 0 Å². The minimum atomic E-state index is 0.0570. The fraction of sp³-hybridized carbons (Fsp3) is 0.316. The van der Waals surface area contributed by atoms with E-state index in [1.807, 2.05) is 38.1 Å². The van der Waals surface area contributed by atoms with Crippen molar-refractivity contribution in [1.82, 2.24) is 0 Å². The number of benzene rings is 1. The van der Waals surface area contributed by atoms with Crippen LogP contribution in [0.25, 0.3) is 6.08 Å². The summed E-state index contributed by atoms with van der Waals surface area (Å²) in [6, 6.07) is 3.70. The summed E-state index contributed by atoms with van der Waals surface area (Å²) in [5.74, 6) is 1.70. The number of unbranched alkanes of at least 4 members (excludes halogenated alkanes) is 1. The first-order valence-electron chi connectivity index (χ1n) is 7.60. The number of carbonyl (C=O) groups excluding carboxylic acids is 1. The van der Waals surface area contributed by atoms with Crippen LogP contribution in [0.4, 0.5) is 0 Å². The molecule has 1 heterocycles. The molecule has 0 spiro atoms. The van der Waals surface area contributed by atoms with E-state index in [1.54, 1.807) is 6.08 Å². The van der Waals surface area contributed by atoms with Crippen LogP contribution in [0.3, 0.4) is 0 Å². The monoisotopic (exact) mass is 298 g/mol. The van der Waals surface area contributed by atoms with Crippen molar-refractivity contribution in [2.75, 3.05) is 0 Å². The molecule has 0 bridgehead atoms. The van der Waals surface area contributed by atoms with Crippen molar-refractivity contribution in [2.24, 2.45) is 0 Å². The SMILES string of the molecule is CCCC=C1OC1=Cc1ccc(CC=C(C)C)c(O)c1C=O. The van der Waals surface area contributed by atoms with Crippen molar-refractivity contribution >= 4 is 12.4 Å². The topological polar surface area (TPSA) is 49.8 Å². The molecule has 0 atom stereocenters. The van der Waals surface area contributed by atoms with E-state index in [0.29, 0.717) is 23.8 Å². The van der Waals surface area contributed by atoms with Crippen LogP contribution in [0.2, 0.25) is 0 Å². The van der Waals surface area contributed by atoms with Crippen molar-refractivity contribution in [3.05, 3.63) is 58.1 Å². The number of allylic oxidation sites excluding steroid dienone is 3. The molecule has 22 heavy (non-hydrogen) atoms. The molecule has 3 heteroatoms. The predicted molar refractivity (Wildman–Crippen MR) is 88.7 cm³/mol. The molecule has 1 N–H and O–H groups in total. The first-order valence-corrected chi connectivity index (χ1v) is 7.60. The number of hydrogen-bond acceptors (Lipinski definition) is 3. The zero-order valence-electron chi connectivity index (χ0n) is 13.3. The molecule has 0 aromatic heterocycles. The summed E-state index contributed by atoms with van der Waals surface area (Å²) in [6.07, 6.45) is 9.22. The average Bonchev–Trinajstić information content (AvgIpc) is 3.22. The van der Waals surface area contributed by atoms with Crippen molar-refractivity contribution in [1.29, 1.82) is 0 Å². The van der Waals surface area contributed by atoms with Crippen LogP contribution in [0.15, 0.2) is 41.4 Å². The second-order valence-electron chi connectivity index (χ2n) is 5.65. The van der Waals surface area contributed by atoms with Gasteiger partial charge in [-0.25, -0.2) is 0 Å². The molecule has 0 saturated carbocycles. The molecule has 1 fully saturated rings. The third-order valence-corrected chi connectivity index (χ3v) is 3.51. The van der Waals surface area contributed by atoms with E-state index in [2.05, 4.69) is 6.92 Å². The Balaban J connectivity index is 2.27. The van der Waals surface area contributed by atoms with Crippen molar-refractivity contribution < 1.29 is 14.6 Å². The van der Waals surface area contributed by atoms with E-state index in [1.165, 1.54) is 5.57 Å². The molecule has 1 aromatic rings. The molecule has 1 aromatic carbocycles. The Morgan fingerprint density at radius 1 is 1.27 bits per heavy atom. The number of aldehydes is 1. The summed E-state index contributed by atoms with van der Waals surface area (Å²) in [6.45, 7) is 6.12. The van der Waals surface area contributed by atoms with E-state index in [0.717, 1.165) is 29.9 Å². The first kappa shape index (κ1) is 16.1. The number of ether oxygens (including phenoxy) is 1. The van der Waals surface area contributed by atoms with E-state index in [-0.39, 0.29) is 5.75 Å². The zero-order valence-corrected chi connectivity index (χ0v) is 13.3. The molecule has 0 aliphatic carbocycles. The third kappa shape index (κ3) is 3.88. The Morgan fingerprint density at radius 3 is 2.68 bits per heavy atom. The number of phenols is 1. The Hall–Kier alpha value is -2.29. The van der Waals surface area contributed by atoms with Crippen LogP contribution in [-0.4, -0.2) is 11.4 Å². The van der Waals surface area contributed by atoms with Crippen molar-refractivity contribution in [2.45, 2.75) is 40.0 Å². The molecular weight excluding hydrogens is 276 g/mol. The standard InChI is InChI=1S/C19H22O3/c1-4-5-6-17-18(22-17)11-15-10-9-14(8-7-13(2)3)19(21)16(15)12-20/h6-7,9-12,21H,4-5,8H2,1-3H3. The molecule has 0 radical (unpaired) electrons. The van der Waals surface area contributed by atoms with Crippen LogP contribution in [0.1, 0.15) is 55.1 Å². The van der Waals surface area contributed by atoms with Gasteiger partial charge >= 0.3 is 0 Å². The third-order valence-electron chi connectivity index (χ3n) is 3.51. The van der Waals surface area contributed by atoms with E-state index in [4.69, 9.17) is 4.74 Å². The van der Waals surface area contributed by atoms with Crippen LogP contribution in [0.5, 0.6) is 5.75 Å². The largest absolute Gasteiger partial charge is 0.507 e. The number of aromatic hydroxyl groups is 1. The second kappa shape index (κ2) is 7.12. The van der Waals surface area contributed by atoms with E-state index >= 15 is 0 Å². The number of hydrogen-bond donors (Lipinski definition) is 1. The summed E-state index contributed by atoms with van der Waals surface area (Å²) in [5, 5.41) is 10.3. The molecule has 1 saturated heterocycles. The van der Waals surface area contributed by atoms with Gasteiger partial charge in [0.15, 0.2) is 17.8 Å². The lowest BCUT2D eigenvalue weighted by atomic mass is 10.00. The average molecular weight is 298 g/mol. The molecule has 2 rings (SSSR count). The van der Waals surface area contributed by atoms with E-state index in [9.17, 15) is 9.90 Å². The van der Waals surface area contributed by atoms with Crippen molar-refractivity contribution in [3.63, 3.8) is 0 Å². The highest BCUT2D eigenvalue weighted by Gasteiger charge is 2.24. The minimum absolute atomic E-state index is 0.0570. The smallest absolute Gasteiger partial charge is 0.170 e. The second-order valence-corrected chi connectivity index (χ2v) is 5.65. The zero-order chi connectivity index (χ0) is 16.1. The van der Waals surface area contributed by atoms with Gasteiger partial charge < -0.3 is 9.84 Å². The van der Waals surface area contributed by atoms with Gasteiger partial charge in [-0.3, -0.25) is 4.79 Å². The highest BCUT2D eigenvalue weighted by Crippen LogP contribution is 2.36. The number of phenolic OH excluding ortho intramolecular Hbond substituents is 1. The molecule has 3 nitrogen and oxygen atoms in total. The first-order chi connectivity index (χ1) is 10.6. The van der Waals surface area contributed by atoms with Gasteiger partial charge in [0.1, 0.15) is 5.75 Å². The summed E-state index contributed by atoms with van der Waals surface area (Å²) in [4.78, 5) is 11.3.